The molecule has 0 aliphatic heterocycles. The summed E-state index contributed by atoms with van der Waals surface area (Å²) >= 11 is 0. The molecule has 1 aromatic heterocycles. The third kappa shape index (κ3) is 6.25. The molecule has 0 fully saturated rings. The number of nitrogen functional groups attached to an aromatic ring is 2. The average molecular weight is 491 g/mol. The van der Waals surface area contributed by atoms with Crippen LogP contribution in [0.25, 0.3) is 10.9 Å². The van der Waals surface area contributed by atoms with Crippen molar-refractivity contribution in [1.29, 1.82) is 0 Å². The normalized spacial score (nSPS) is 10.5. The first-order chi connectivity index (χ1) is 17.3. The molecule has 0 saturated carbocycles. The fraction of sp³-hybridized carbons (Fsp3) is 0.259. The number of hydrogen-bond donors (Lipinski definition) is 4. The minimum absolute atomic E-state index is 0.220. The maximum Gasteiger partial charge on any atom is 0.260 e. The Morgan fingerprint density at radius 1 is 1.00 bits per heavy atom. The van der Waals surface area contributed by atoms with E-state index in [4.69, 9.17) is 20.9 Å². The standard InChI is InChI=1S/C19H22N4O3.C8H12N2/c1-11-16-14(9-15(25-3)17(11)26-4)21-19(22-18(16)24)23(2)10-12-6-5-7-13(20)8-12;1-10-6-7-3-2-4-8(9)5-7/h5-9H,10,20H2,1-4H3,(H,21,22,24);2-5,10H,6,9H2,1H3. The predicted octanol–water partition coefficient (Wildman–Crippen LogP) is 3.46. The molecule has 3 aromatic carbocycles. The van der Waals surface area contributed by atoms with Gasteiger partial charge >= 0.3 is 0 Å². The molecule has 190 valence electrons. The topological polar surface area (TPSA) is 132 Å². The first kappa shape index (κ1) is 26.4. The molecular weight excluding hydrogens is 456 g/mol. The van der Waals surface area contributed by atoms with Gasteiger partial charge in [-0.1, -0.05) is 24.3 Å². The summed E-state index contributed by atoms with van der Waals surface area (Å²) in [5, 5.41) is 3.55. The van der Waals surface area contributed by atoms with Gasteiger partial charge in [0.15, 0.2) is 11.5 Å². The van der Waals surface area contributed by atoms with E-state index in [0.717, 1.165) is 17.8 Å². The molecule has 9 nitrogen and oxygen atoms in total. The molecule has 4 aromatic rings. The first-order valence-corrected chi connectivity index (χ1v) is 11.5. The van der Waals surface area contributed by atoms with Crippen molar-refractivity contribution in [2.75, 3.05) is 44.7 Å². The largest absolute Gasteiger partial charge is 0.493 e. The summed E-state index contributed by atoms with van der Waals surface area (Å²) in [7, 11) is 6.89. The molecule has 36 heavy (non-hydrogen) atoms. The van der Waals surface area contributed by atoms with Crippen LogP contribution in [0.5, 0.6) is 11.5 Å². The maximum absolute atomic E-state index is 12.7. The van der Waals surface area contributed by atoms with E-state index < -0.39 is 0 Å². The molecule has 4 rings (SSSR count). The van der Waals surface area contributed by atoms with Crippen molar-refractivity contribution in [1.82, 2.24) is 15.3 Å². The molecule has 6 N–H and O–H groups in total. The molecule has 0 bridgehead atoms. The minimum Gasteiger partial charge on any atom is -0.493 e. The van der Waals surface area contributed by atoms with Gasteiger partial charge in [0.1, 0.15) is 0 Å². The molecule has 0 aliphatic rings. The van der Waals surface area contributed by atoms with Gasteiger partial charge in [-0.2, -0.15) is 0 Å². The monoisotopic (exact) mass is 490 g/mol. The van der Waals surface area contributed by atoms with Gasteiger partial charge in [0, 0.05) is 43.1 Å². The molecule has 0 saturated heterocycles. The smallest absolute Gasteiger partial charge is 0.260 e. The van der Waals surface area contributed by atoms with Gasteiger partial charge in [-0.15, -0.1) is 0 Å². The van der Waals surface area contributed by atoms with Crippen molar-refractivity contribution in [2.24, 2.45) is 0 Å². The van der Waals surface area contributed by atoms with E-state index in [1.807, 2.05) is 74.4 Å². The lowest BCUT2D eigenvalue weighted by Crippen LogP contribution is -2.23. The van der Waals surface area contributed by atoms with Crippen molar-refractivity contribution in [3.8, 4) is 11.5 Å². The Hall–Kier alpha value is -4.24. The molecule has 9 heteroatoms. The number of H-pyrrole nitrogens is 1. The second-order valence-corrected chi connectivity index (χ2v) is 8.40. The quantitative estimate of drug-likeness (QED) is 0.290. The zero-order valence-electron chi connectivity index (χ0n) is 21.4. The molecule has 0 spiro atoms. The summed E-state index contributed by atoms with van der Waals surface area (Å²) < 4.78 is 10.7. The average Bonchev–Trinajstić information content (AvgIpc) is 2.84. The third-order valence-electron chi connectivity index (χ3n) is 5.63. The number of anilines is 3. The van der Waals surface area contributed by atoms with Crippen LogP contribution in [0.2, 0.25) is 0 Å². The van der Waals surface area contributed by atoms with E-state index in [2.05, 4.69) is 15.3 Å². The number of fused-ring (bicyclic) bond motifs is 1. The summed E-state index contributed by atoms with van der Waals surface area (Å²) in [6.07, 6.45) is 0. The summed E-state index contributed by atoms with van der Waals surface area (Å²) in [5.74, 6) is 1.55. The number of rotatable bonds is 7. The van der Waals surface area contributed by atoms with Crippen molar-refractivity contribution < 1.29 is 9.47 Å². The molecule has 0 atom stereocenters. The SMILES string of the molecule is CNCc1cccc(N)c1.COc1cc2nc(N(C)Cc3cccc(N)c3)[nH]c(=O)c2c(C)c1OC. The highest BCUT2D eigenvalue weighted by Gasteiger charge is 2.17. The predicted molar refractivity (Wildman–Crippen MR) is 147 cm³/mol. The van der Waals surface area contributed by atoms with E-state index in [1.54, 1.807) is 20.3 Å². The van der Waals surface area contributed by atoms with E-state index >= 15 is 0 Å². The first-order valence-electron chi connectivity index (χ1n) is 11.5. The number of methoxy groups -OCH3 is 2. The molecule has 0 amide bonds. The van der Waals surface area contributed by atoms with Crippen LogP contribution in [-0.4, -0.2) is 38.3 Å². The zero-order valence-corrected chi connectivity index (χ0v) is 21.4. The van der Waals surface area contributed by atoms with E-state index in [9.17, 15) is 4.79 Å². The Labute approximate surface area is 211 Å². The van der Waals surface area contributed by atoms with Crippen LogP contribution in [0.1, 0.15) is 16.7 Å². The van der Waals surface area contributed by atoms with Crippen LogP contribution in [0.4, 0.5) is 17.3 Å². The highest BCUT2D eigenvalue weighted by atomic mass is 16.5. The van der Waals surface area contributed by atoms with Crippen LogP contribution >= 0.6 is 0 Å². The van der Waals surface area contributed by atoms with Gasteiger partial charge in [0.25, 0.3) is 5.56 Å². The summed E-state index contributed by atoms with van der Waals surface area (Å²) in [4.78, 5) is 22.0. The van der Waals surface area contributed by atoms with Crippen LogP contribution in [-0.2, 0) is 13.1 Å². The fourth-order valence-corrected chi connectivity index (χ4v) is 3.97. The summed E-state index contributed by atoms with van der Waals surface area (Å²) in [6, 6.07) is 17.2. The van der Waals surface area contributed by atoms with Crippen molar-refractivity contribution in [2.45, 2.75) is 20.0 Å². The number of aromatic amines is 1. The Morgan fingerprint density at radius 2 is 1.64 bits per heavy atom. The Morgan fingerprint density at radius 3 is 2.22 bits per heavy atom. The highest BCUT2D eigenvalue weighted by Crippen LogP contribution is 2.35. The second kappa shape index (κ2) is 11.9. The van der Waals surface area contributed by atoms with Gasteiger partial charge < -0.3 is 31.2 Å². The Balaban J connectivity index is 0.000000303. The van der Waals surface area contributed by atoms with Crippen molar-refractivity contribution in [3.63, 3.8) is 0 Å². The van der Waals surface area contributed by atoms with Crippen LogP contribution < -0.4 is 36.7 Å². The highest BCUT2D eigenvalue weighted by molar-refractivity contribution is 5.86. The number of nitrogens with one attached hydrogen (secondary N) is 2. The molecule has 0 radical (unpaired) electrons. The van der Waals surface area contributed by atoms with Gasteiger partial charge in [0.05, 0.1) is 25.1 Å². The second-order valence-electron chi connectivity index (χ2n) is 8.40. The van der Waals surface area contributed by atoms with Gasteiger partial charge in [-0.05, 0) is 49.4 Å². The Kier molecular flexibility index (Phi) is 8.75. The zero-order chi connectivity index (χ0) is 26.2. The van der Waals surface area contributed by atoms with Crippen molar-refractivity contribution in [3.05, 3.63) is 81.6 Å². The maximum atomic E-state index is 12.7. The van der Waals surface area contributed by atoms with E-state index in [1.165, 1.54) is 5.56 Å². The van der Waals surface area contributed by atoms with Crippen LogP contribution in [0.15, 0.2) is 59.4 Å². The Bertz CT molecular complexity index is 1390. The molecular formula is C27H34N6O3. The number of ether oxygens (including phenoxy) is 2. The lowest BCUT2D eigenvalue weighted by molar-refractivity contribution is 0.354. The molecule has 0 unspecified atom stereocenters. The fourth-order valence-electron chi connectivity index (χ4n) is 3.97. The lowest BCUT2D eigenvalue weighted by Gasteiger charge is -2.19. The van der Waals surface area contributed by atoms with Gasteiger partial charge in [0.2, 0.25) is 5.95 Å². The minimum atomic E-state index is -0.220. The summed E-state index contributed by atoms with van der Waals surface area (Å²) in [5.41, 5.74) is 16.2. The third-order valence-corrected chi connectivity index (χ3v) is 5.63. The number of hydrogen-bond acceptors (Lipinski definition) is 8. The number of nitrogens with two attached hydrogens (primary N) is 2. The number of aromatic nitrogens is 2. The van der Waals surface area contributed by atoms with Gasteiger partial charge in [-0.3, -0.25) is 9.78 Å². The summed E-state index contributed by atoms with van der Waals surface area (Å²) in [6.45, 7) is 3.26. The number of aryl methyl sites for hydroxylation is 1. The molecule has 0 aliphatic carbocycles. The lowest BCUT2D eigenvalue weighted by atomic mass is 10.1. The van der Waals surface area contributed by atoms with Gasteiger partial charge in [-0.25, -0.2) is 4.98 Å². The number of benzene rings is 3. The van der Waals surface area contributed by atoms with E-state index in [0.29, 0.717) is 46.1 Å². The number of nitrogens with zero attached hydrogens (tertiary/aromatic N) is 2. The van der Waals surface area contributed by atoms with E-state index in [-0.39, 0.29) is 5.56 Å². The van der Waals surface area contributed by atoms with Crippen LogP contribution in [0.3, 0.4) is 0 Å². The molecule has 1 heterocycles. The van der Waals surface area contributed by atoms with Crippen LogP contribution in [0, 0.1) is 6.92 Å². The van der Waals surface area contributed by atoms with Crippen molar-refractivity contribution >= 4 is 28.2 Å².